The van der Waals surface area contributed by atoms with Crippen LogP contribution in [0.15, 0.2) is 47.4 Å². The summed E-state index contributed by atoms with van der Waals surface area (Å²) in [6.07, 6.45) is 0.436. The highest BCUT2D eigenvalue weighted by molar-refractivity contribution is 7.99. The minimum absolute atomic E-state index is 0.0155. The minimum atomic E-state index is -0.0155. The number of thioether (sulfide) groups is 1. The van der Waals surface area contributed by atoms with Gasteiger partial charge in [-0.05, 0) is 42.8 Å². The molecule has 0 aliphatic carbocycles. The van der Waals surface area contributed by atoms with Crippen molar-refractivity contribution in [1.29, 1.82) is 0 Å². The van der Waals surface area contributed by atoms with Gasteiger partial charge in [-0.1, -0.05) is 23.7 Å². The van der Waals surface area contributed by atoms with Gasteiger partial charge in [-0.2, -0.15) is 0 Å². The molecule has 0 radical (unpaired) electrons. The number of nitrogens with two attached hydrogens (primary N) is 1. The predicted molar refractivity (Wildman–Crippen MR) is 91.0 cm³/mol. The zero-order valence-corrected chi connectivity index (χ0v) is 13.3. The molecule has 3 N–H and O–H groups in total. The van der Waals surface area contributed by atoms with Crippen molar-refractivity contribution < 1.29 is 4.79 Å². The van der Waals surface area contributed by atoms with Gasteiger partial charge in [0.1, 0.15) is 0 Å². The molecule has 0 aliphatic rings. The Morgan fingerprint density at radius 1 is 1.29 bits per heavy atom. The first-order chi connectivity index (χ1) is 10.0. The molecule has 0 unspecified atom stereocenters. The Hall–Kier alpha value is -1.65. The standard InChI is InChI=1S/C16H17ClN2OS/c1-11-5-6-13(18)10-15(11)19-16(20)7-8-21-14-4-2-3-12(17)9-14/h2-6,9-10H,7-8,18H2,1H3,(H,19,20). The predicted octanol–water partition coefficient (Wildman–Crippen LogP) is 4.35. The Balaban J connectivity index is 1.84. The minimum Gasteiger partial charge on any atom is -0.399 e. The number of rotatable bonds is 5. The van der Waals surface area contributed by atoms with Crippen molar-refractivity contribution in [3.63, 3.8) is 0 Å². The smallest absolute Gasteiger partial charge is 0.225 e. The van der Waals surface area contributed by atoms with Crippen LogP contribution in [0.5, 0.6) is 0 Å². The lowest BCUT2D eigenvalue weighted by molar-refractivity contribution is -0.115. The summed E-state index contributed by atoms with van der Waals surface area (Å²) in [4.78, 5) is 13.0. The normalized spacial score (nSPS) is 10.4. The number of hydrogen-bond donors (Lipinski definition) is 2. The van der Waals surface area contributed by atoms with Crippen molar-refractivity contribution in [3.05, 3.63) is 53.1 Å². The van der Waals surface area contributed by atoms with E-state index in [4.69, 9.17) is 17.3 Å². The van der Waals surface area contributed by atoms with Crippen LogP contribution in [-0.2, 0) is 4.79 Å². The van der Waals surface area contributed by atoms with Crippen LogP contribution in [0.4, 0.5) is 11.4 Å². The van der Waals surface area contributed by atoms with Gasteiger partial charge < -0.3 is 11.1 Å². The van der Waals surface area contributed by atoms with E-state index in [1.807, 2.05) is 43.3 Å². The molecule has 3 nitrogen and oxygen atoms in total. The average molecular weight is 321 g/mol. The van der Waals surface area contributed by atoms with Gasteiger partial charge in [0, 0.05) is 33.5 Å². The van der Waals surface area contributed by atoms with E-state index >= 15 is 0 Å². The molecule has 2 rings (SSSR count). The lowest BCUT2D eigenvalue weighted by atomic mass is 10.2. The highest BCUT2D eigenvalue weighted by atomic mass is 35.5. The Kier molecular flexibility index (Phi) is 5.53. The van der Waals surface area contributed by atoms with Crippen molar-refractivity contribution in [1.82, 2.24) is 0 Å². The van der Waals surface area contributed by atoms with Crippen LogP contribution in [-0.4, -0.2) is 11.7 Å². The first kappa shape index (κ1) is 15.7. The van der Waals surface area contributed by atoms with Gasteiger partial charge in [-0.25, -0.2) is 0 Å². The second-order valence-electron chi connectivity index (χ2n) is 4.68. The molecule has 0 saturated heterocycles. The molecule has 21 heavy (non-hydrogen) atoms. The Morgan fingerprint density at radius 3 is 2.86 bits per heavy atom. The first-order valence-electron chi connectivity index (χ1n) is 6.59. The summed E-state index contributed by atoms with van der Waals surface area (Å²) in [6, 6.07) is 13.1. The Labute approximate surface area is 133 Å². The lowest BCUT2D eigenvalue weighted by Gasteiger charge is -2.09. The maximum Gasteiger partial charge on any atom is 0.225 e. The zero-order valence-electron chi connectivity index (χ0n) is 11.7. The second kappa shape index (κ2) is 7.38. The van der Waals surface area contributed by atoms with E-state index in [-0.39, 0.29) is 5.91 Å². The molecule has 0 aliphatic heterocycles. The molecule has 110 valence electrons. The number of hydrogen-bond acceptors (Lipinski definition) is 3. The van der Waals surface area contributed by atoms with Gasteiger partial charge in [-0.15, -0.1) is 11.8 Å². The molecule has 0 atom stereocenters. The third-order valence-electron chi connectivity index (χ3n) is 2.93. The fourth-order valence-corrected chi connectivity index (χ4v) is 2.97. The largest absolute Gasteiger partial charge is 0.399 e. The fraction of sp³-hybridized carbons (Fsp3) is 0.188. The van der Waals surface area contributed by atoms with E-state index in [1.165, 1.54) is 0 Å². The van der Waals surface area contributed by atoms with Gasteiger partial charge in [0.15, 0.2) is 0 Å². The molecule has 2 aromatic carbocycles. The molecule has 0 bridgehead atoms. The van der Waals surface area contributed by atoms with Crippen molar-refractivity contribution in [2.75, 3.05) is 16.8 Å². The third kappa shape index (κ3) is 4.99. The summed E-state index contributed by atoms with van der Waals surface area (Å²) in [5.74, 6) is 0.686. The number of nitrogen functional groups attached to an aromatic ring is 1. The maximum absolute atomic E-state index is 11.9. The summed E-state index contributed by atoms with van der Waals surface area (Å²) >= 11 is 7.53. The highest BCUT2D eigenvalue weighted by Gasteiger charge is 2.06. The number of halogens is 1. The average Bonchev–Trinajstić information content (AvgIpc) is 2.43. The van der Waals surface area contributed by atoms with Crippen LogP contribution in [0, 0.1) is 6.92 Å². The molecule has 0 spiro atoms. The topological polar surface area (TPSA) is 55.1 Å². The molecule has 1 amide bonds. The second-order valence-corrected chi connectivity index (χ2v) is 6.28. The van der Waals surface area contributed by atoms with Gasteiger partial charge in [0.25, 0.3) is 0 Å². The van der Waals surface area contributed by atoms with E-state index < -0.39 is 0 Å². The van der Waals surface area contributed by atoms with E-state index in [9.17, 15) is 4.79 Å². The van der Waals surface area contributed by atoms with E-state index in [1.54, 1.807) is 17.8 Å². The lowest BCUT2D eigenvalue weighted by Crippen LogP contribution is -2.13. The number of amides is 1. The first-order valence-corrected chi connectivity index (χ1v) is 7.95. The van der Waals surface area contributed by atoms with E-state index in [2.05, 4.69) is 5.32 Å². The summed E-state index contributed by atoms with van der Waals surface area (Å²) in [6.45, 7) is 1.94. The van der Waals surface area contributed by atoms with Gasteiger partial charge in [0.2, 0.25) is 5.91 Å². The van der Waals surface area contributed by atoms with Gasteiger partial charge in [-0.3, -0.25) is 4.79 Å². The summed E-state index contributed by atoms with van der Waals surface area (Å²) in [7, 11) is 0. The number of carbonyl (C=O) groups excluding carboxylic acids is 1. The summed E-state index contributed by atoms with van der Waals surface area (Å²) in [5, 5.41) is 3.60. The number of carbonyl (C=O) groups is 1. The van der Waals surface area contributed by atoms with Crippen LogP contribution in [0.25, 0.3) is 0 Å². The third-order valence-corrected chi connectivity index (χ3v) is 4.16. The van der Waals surface area contributed by atoms with E-state index in [0.717, 1.165) is 16.1 Å². The van der Waals surface area contributed by atoms with Crippen molar-refractivity contribution >= 4 is 40.6 Å². The van der Waals surface area contributed by atoms with Crippen LogP contribution in [0.1, 0.15) is 12.0 Å². The van der Waals surface area contributed by atoms with Crippen LogP contribution in [0.2, 0.25) is 5.02 Å². The van der Waals surface area contributed by atoms with Gasteiger partial charge >= 0.3 is 0 Å². The SMILES string of the molecule is Cc1ccc(N)cc1NC(=O)CCSc1cccc(Cl)c1. The van der Waals surface area contributed by atoms with Gasteiger partial charge in [0.05, 0.1) is 0 Å². The van der Waals surface area contributed by atoms with Crippen molar-refractivity contribution in [2.45, 2.75) is 18.2 Å². The Morgan fingerprint density at radius 2 is 2.10 bits per heavy atom. The van der Waals surface area contributed by atoms with Crippen LogP contribution in [0.3, 0.4) is 0 Å². The highest BCUT2D eigenvalue weighted by Crippen LogP contribution is 2.23. The number of aryl methyl sites for hydroxylation is 1. The molecule has 0 saturated carbocycles. The molecule has 5 heteroatoms. The quantitative estimate of drug-likeness (QED) is 0.636. The monoisotopic (exact) mass is 320 g/mol. The molecule has 2 aromatic rings. The number of nitrogens with one attached hydrogen (secondary N) is 1. The summed E-state index contributed by atoms with van der Waals surface area (Å²) in [5.41, 5.74) is 8.14. The maximum atomic E-state index is 11.9. The molecular formula is C16H17ClN2OS. The van der Waals surface area contributed by atoms with E-state index in [0.29, 0.717) is 22.9 Å². The van der Waals surface area contributed by atoms with Crippen LogP contribution < -0.4 is 11.1 Å². The van der Waals surface area contributed by atoms with Crippen LogP contribution >= 0.6 is 23.4 Å². The van der Waals surface area contributed by atoms with Crippen molar-refractivity contribution in [3.8, 4) is 0 Å². The molecular weight excluding hydrogens is 304 g/mol. The zero-order chi connectivity index (χ0) is 15.2. The fourth-order valence-electron chi connectivity index (χ4n) is 1.81. The number of benzene rings is 2. The molecule has 0 aromatic heterocycles. The Bertz CT molecular complexity index is 646. The summed E-state index contributed by atoms with van der Waals surface area (Å²) < 4.78 is 0. The van der Waals surface area contributed by atoms with Crippen molar-refractivity contribution in [2.24, 2.45) is 0 Å². The molecule has 0 heterocycles. The molecule has 0 fully saturated rings. The number of anilines is 2.